The van der Waals surface area contributed by atoms with Crippen LogP contribution < -0.4 is 0 Å². The van der Waals surface area contributed by atoms with E-state index in [9.17, 15) is 14.7 Å². The largest absolute Gasteiger partial charge is 0.462 e. The van der Waals surface area contributed by atoms with Gasteiger partial charge in [-0.2, -0.15) is 0 Å². The number of Topliss-reactive ketones (excluding diaryl/α,β-unsaturated/α-hetero) is 1. The van der Waals surface area contributed by atoms with Crippen molar-refractivity contribution in [1.29, 1.82) is 0 Å². The predicted molar refractivity (Wildman–Crippen MR) is 115 cm³/mol. The first-order valence-electron chi connectivity index (χ1n) is 10.4. The van der Waals surface area contributed by atoms with Crippen LogP contribution in [-0.4, -0.2) is 36.7 Å². The van der Waals surface area contributed by atoms with Gasteiger partial charge >= 0.3 is 5.97 Å². The van der Waals surface area contributed by atoms with Gasteiger partial charge < -0.3 is 14.6 Å². The molecule has 0 amide bonds. The summed E-state index contributed by atoms with van der Waals surface area (Å²) in [5.41, 5.74) is -0.591. The summed E-state index contributed by atoms with van der Waals surface area (Å²) in [5, 5.41) is 11.3. The fraction of sp³-hybridized carbons (Fsp3) is 0.417. The van der Waals surface area contributed by atoms with Gasteiger partial charge in [-0.15, -0.1) is 0 Å². The maximum atomic E-state index is 15.3. The summed E-state index contributed by atoms with van der Waals surface area (Å²) in [4.78, 5) is 26.0. The monoisotopic (exact) mass is 448 g/mol. The fourth-order valence-electron chi connectivity index (χ4n) is 4.03. The first kappa shape index (κ1) is 23.4. The molecule has 1 atom stereocenters. The zero-order chi connectivity index (χ0) is 22.6. The molecule has 1 saturated heterocycles. The van der Waals surface area contributed by atoms with Gasteiger partial charge in [0, 0.05) is 34.8 Å². The summed E-state index contributed by atoms with van der Waals surface area (Å²) in [5.74, 6) is -1.86. The Morgan fingerprint density at radius 1 is 1.19 bits per heavy atom. The average Bonchev–Trinajstić information content (AvgIpc) is 2.78. The average molecular weight is 449 g/mol. The quantitative estimate of drug-likeness (QED) is 0.469. The Kier molecular flexibility index (Phi) is 7.46. The summed E-state index contributed by atoms with van der Waals surface area (Å²) in [7, 11) is 0. The van der Waals surface area contributed by atoms with E-state index in [0.29, 0.717) is 43.1 Å². The Labute approximate surface area is 186 Å². The molecule has 5 nitrogen and oxygen atoms in total. The van der Waals surface area contributed by atoms with Crippen LogP contribution in [-0.2, 0) is 9.47 Å². The van der Waals surface area contributed by atoms with Crippen molar-refractivity contribution in [3.05, 3.63) is 69.5 Å². The second-order valence-electron chi connectivity index (χ2n) is 7.67. The van der Waals surface area contributed by atoms with Crippen molar-refractivity contribution in [1.82, 2.24) is 0 Å². The van der Waals surface area contributed by atoms with E-state index in [4.69, 9.17) is 21.1 Å². The Hall–Kier alpha value is -2.28. The zero-order valence-corrected chi connectivity index (χ0v) is 18.4. The molecule has 2 aromatic carbocycles. The van der Waals surface area contributed by atoms with E-state index in [1.807, 2.05) is 6.92 Å². The fourth-order valence-corrected chi connectivity index (χ4v) is 4.15. The van der Waals surface area contributed by atoms with Crippen LogP contribution in [0.2, 0.25) is 5.02 Å². The molecule has 2 aromatic rings. The van der Waals surface area contributed by atoms with Crippen LogP contribution in [0.5, 0.6) is 0 Å². The van der Waals surface area contributed by atoms with Crippen LogP contribution in [0, 0.1) is 11.2 Å². The Morgan fingerprint density at radius 2 is 1.84 bits per heavy atom. The molecule has 1 unspecified atom stereocenters. The molecule has 0 bridgehead atoms. The van der Waals surface area contributed by atoms with Gasteiger partial charge in [-0.05, 0) is 56.0 Å². The topological polar surface area (TPSA) is 72.8 Å². The molecule has 0 saturated carbocycles. The van der Waals surface area contributed by atoms with Gasteiger partial charge in [-0.25, -0.2) is 9.18 Å². The van der Waals surface area contributed by atoms with Crippen LogP contribution in [0.1, 0.15) is 71.1 Å². The van der Waals surface area contributed by atoms with Crippen molar-refractivity contribution in [2.75, 3.05) is 19.8 Å². The van der Waals surface area contributed by atoms with Crippen molar-refractivity contribution in [3.8, 4) is 0 Å². The number of aliphatic hydroxyl groups is 1. The molecule has 1 aliphatic rings. The first-order chi connectivity index (χ1) is 14.8. The normalized spacial score (nSPS) is 16.5. The molecule has 7 heteroatoms. The molecule has 1 heterocycles. The highest BCUT2D eigenvalue weighted by Crippen LogP contribution is 2.39. The standard InChI is InChI=1S/C24H26ClFO5/c1-3-24(9-11-30-12-10-24)22(28)16-13-18(23(29)31-4-2)20(19(26)14-16)21(27)15-5-7-17(25)8-6-15/h5-8,13-14,21,27H,3-4,9-12H2,1-2H3. The minimum absolute atomic E-state index is 0.0747. The van der Waals surface area contributed by atoms with Crippen molar-refractivity contribution < 1.29 is 28.6 Å². The number of esters is 1. The van der Waals surface area contributed by atoms with Gasteiger partial charge in [0.25, 0.3) is 0 Å². The van der Waals surface area contributed by atoms with Gasteiger partial charge in [0.05, 0.1) is 12.2 Å². The van der Waals surface area contributed by atoms with E-state index in [-0.39, 0.29) is 29.1 Å². The molecule has 31 heavy (non-hydrogen) atoms. The summed E-state index contributed by atoms with van der Waals surface area (Å²) < 4.78 is 25.8. The molecule has 0 spiro atoms. The van der Waals surface area contributed by atoms with Gasteiger partial charge in [0.15, 0.2) is 5.78 Å². The van der Waals surface area contributed by atoms with E-state index in [1.54, 1.807) is 31.2 Å². The highest BCUT2D eigenvalue weighted by Gasteiger charge is 2.39. The maximum Gasteiger partial charge on any atom is 0.338 e. The van der Waals surface area contributed by atoms with E-state index in [0.717, 1.165) is 6.07 Å². The molecule has 0 radical (unpaired) electrons. The number of halogens is 2. The lowest BCUT2D eigenvalue weighted by atomic mass is 9.72. The summed E-state index contributed by atoms with van der Waals surface area (Å²) in [6, 6.07) is 8.67. The first-order valence-corrected chi connectivity index (χ1v) is 10.8. The van der Waals surface area contributed by atoms with E-state index < -0.39 is 23.3 Å². The molecular formula is C24H26ClFO5. The SMILES string of the molecule is CCOC(=O)c1cc(C(=O)C2(CC)CCOCC2)cc(F)c1C(O)c1ccc(Cl)cc1. The van der Waals surface area contributed by atoms with Gasteiger partial charge in [0.1, 0.15) is 11.9 Å². The minimum Gasteiger partial charge on any atom is -0.462 e. The van der Waals surface area contributed by atoms with E-state index in [1.165, 1.54) is 6.07 Å². The third kappa shape index (κ3) is 4.81. The minimum atomic E-state index is -1.43. The number of hydrogen-bond acceptors (Lipinski definition) is 5. The number of aliphatic hydroxyl groups excluding tert-OH is 1. The number of ketones is 1. The smallest absolute Gasteiger partial charge is 0.338 e. The number of carbonyl (C=O) groups is 2. The molecular weight excluding hydrogens is 423 g/mol. The van der Waals surface area contributed by atoms with Crippen LogP contribution in [0.25, 0.3) is 0 Å². The molecule has 3 rings (SSSR count). The number of ether oxygens (including phenoxy) is 2. The van der Waals surface area contributed by atoms with Crippen molar-refractivity contribution in [2.24, 2.45) is 5.41 Å². The lowest BCUT2D eigenvalue weighted by molar-refractivity contribution is 0.0153. The van der Waals surface area contributed by atoms with Crippen LogP contribution in [0.3, 0.4) is 0 Å². The van der Waals surface area contributed by atoms with Crippen molar-refractivity contribution in [3.63, 3.8) is 0 Å². The van der Waals surface area contributed by atoms with Crippen LogP contribution in [0.4, 0.5) is 4.39 Å². The summed E-state index contributed by atoms with van der Waals surface area (Å²) in [6.07, 6.45) is 0.228. The molecule has 0 aromatic heterocycles. The zero-order valence-electron chi connectivity index (χ0n) is 17.6. The van der Waals surface area contributed by atoms with Gasteiger partial charge in [0.2, 0.25) is 0 Å². The lowest BCUT2D eigenvalue weighted by Gasteiger charge is -2.35. The van der Waals surface area contributed by atoms with Gasteiger partial charge in [-0.1, -0.05) is 30.7 Å². The Bertz CT molecular complexity index is 951. The molecule has 1 N–H and O–H groups in total. The van der Waals surface area contributed by atoms with Gasteiger partial charge in [-0.3, -0.25) is 4.79 Å². The number of rotatable bonds is 7. The van der Waals surface area contributed by atoms with Crippen molar-refractivity contribution in [2.45, 2.75) is 39.2 Å². The Morgan fingerprint density at radius 3 is 2.42 bits per heavy atom. The predicted octanol–water partition coefficient (Wildman–Crippen LogP) is 5.13. The second kappa shape index (κ2) is 9.90. The highest BCUT2D eigenvalue weighted by molar-refractivity contribution is 6.30. The van der Waals surface area contributed by atoms with Crippen LogP contribution in [0.15, 0.2) is 36.4 Å². The summed E-state index contributed by atoms with van der Waals surface area (Å²) >= 11 is 5.90. The number of hydrogen-bond donors (Lipinski definition) is 1. The highest BCUT2D eigenvalue weighted by atomic mass is 35.5. The number of benzene rings is 2. The maximum absolute atomic E-state index is 15.3. The molecule has 166 valence electrons. The second-order valence-corrected chi connectivity index (χ2v) is 8.11. The van der Waals surface area contributed by atoms with Crippen LogP contribution >= 0.6 is 11.6 Å². The third-order valence-corrected chi connectivity index (χ3v) is 6.21. The van der Waals surface area contributed by atoms with E-state index >= 15 is 4.39 Å². The Balaban J connectivity index is 2.09. The molecule has 1 aliphatic heterocycles. The lowest BCUT2D eigenvalue weighted by Crippen LogP contribution is -2.37. The third-order valence-electron chi connectivity index (χ3n) is 5.95. The van der Waals surface area contributed by atoms with E-state index in [2.05, 4.69) is 0 Å². The molecule has 0 aliphatic carbocycles. The number of carbonyl (C=O) groups excluding carboxylic acids is 2. The molecule has 1 fully saturated rings. The van der Waals surface area contributed by atoms with Crippen molar-refractivity contribution >= 4 is 23.4 Å². The summed E-state index contributed by atoms with van der Waals surface area (Å²) in [6.45, 7) is 4.54.